The third-order valence-corrected chi connectivity index (χ3v) is 3.50. The fourth-order valence-electron chi connectivity index (χ4n) is 1.66. The van der Waals surface area contributed by atoms with Gasteiger partial charge in [-0.15, -0.1) is 0 Å². The summed E-state index contributed by atoms with van der Waals surface area (Å²) in [5, 5.41) is 0.729. The maximum atomic E-state index is 5.98. The molecule has 100 valence electrons. The first-order valence-electron chi connectivity index (χ1n) is 6.03. The Morgan fingerprint density at radius 3 is 2.58 bits per heavy atom. The zero-order valence-corrected chi connectivity index (χ0v) is 12.5. The van der Waals surface area contributed by atoms with E-state index in [1.807, 2.05) is 56.3 Å². The minimum Gasteiger partial charge on any atom is -0.491 e. The lowest BCUT2D eigenvalue weighted by molar-refractivity contribution is 0.242. The molecule has 2 rings (SSSR count). The summed E-state index contributed by atoms with van der Waals surface area (Å²) in [6, 6.07) is 13.5. The maximum absolute atomic E-state index is 5.98. The molecule has 0 radical (unpaired) electrons. The molecular weight excluding hydrogens is 278 g/mol. The van der Waals surface area contributed by atoms with Gasteiger partial charge in [-0.1, -0.05) is 29.4 Å². The average Bonchev–Trinajstić information content (AvgIpc) is 2.26. The molecule has 0 spiro atoms. The van der Waals surface area contributed by atoms with Crippen molar-refractivity contribution in [3.8, 4) is 5.75 Å². The molecule has 0 aliphatic rings. The first-order chi connectivity index (χ1) is 9.02. The van der Waals surface area contributed by atoms with Gasteiger partial charge in [0.15, 0.2) is 0 Å². The Labute approximate surface area is 122 Å². The van der Waals surface area contributed by atoms with E-state index in [0.29, 0.717) is 5.69 Å². The summed E-state index contributed by atoms with van der Waals surface area (Å²) in [4.78, 5) is 2.12. The van der Waals surface area contributed by atoms with Gasteiger partial charge in [0.2, 0.25) is 0 Å². The topological polar surface area (TPSA) is 35.2 Å². The summed E-state index contributed by atoms with van der Waals surface area (Å²) in [5.41, 5.74) is 6.60. The Morgan fingerprint density at radius 1 is 1.11 bits per heavy atom. The number of hydrogen-bond donors (Lipinski definition) is 1. The van der Waals surface area contributed by atoms with E-state index in [0.717, 1.165) is 20.6 Å². The molecule has 4 heteroatoms. The molecule has 2 N–H and O–H groups in total. The Morgan fingerprint density at radius 2 is 1.89 bits per heavy atom. The SMILES string of the molecule is CC(C)Oc1cc(N)cc(Sc2cccc(Cl)c2)c1. The molecule has 2 aromatic carbocycles. The Bertz CT molecular complexity index is 572. The quantitative estimate of drug-likeness (QED) is 0.818. The average molecular weight is 294 g/mol. The highest BCUT2D eigenvalue weighted by atomic mass is 35.5. The molecule has 0 amide bonds. The molecule has 0 heterocycles. The molecular formula is C15H16ClNOS. The van der Waals surface area contributed by atoms with Crippen LogP contribution < -0.4 is 10.5 Å². The number of anilines is 1. The van der Waals surface area contributed by atoms with Crippen LogP contribution in [-0.2, 0) is 0 Å². The third kappa shape index (κ3) is 4.37. The van der Waals surface area contributed by atoms with Crippen molar-refractivity contribution in [3.63, 3.8) is 0 Å². The van der Waals surface area contributed by atoms with Crippen LogP contribution in [0.1, 0.15) is 13.8 Å². The van der Waals surface area contributed by atoms with Crippen molar-refractivity contribution < 1.29 is 4.74 Å². The van der Waals surface area contributed by atoms with Crippen LogP contribution in [0.15, 0.2) is 52.3 Å². The molecule has 0 aromatic heterocycles. The first-order valence-corrected chi connectivity index (χ1v) is 7.23. The molecule has 0 fully saturated rings. The van der Waals surface area contributed by atoms with Crippen molar-refractivity contribution in [1.29, 1.82) is 0 Å². The van der Waals surface area contributed by atoms with Gasteiger partial charge in [-0.3, -0.25) is 0 Å². The van der Waals surface area contributed by atoms with E-state index in [-0.39, 0.29) is 6.10 Å². The van der Waals surface area contributed by atoms with Gasteiger partial charge in [0.05, 0.1) is 6.10 Å². The van der Waals surface area contributed by atoms with E-state index >= 15 is 0 Å². The second kappa shape index (κ2) is 6.22. The van der Waals surface area contributed by atoms with Crippen LogP contribution >= 0.6 is 23.4 Å². The lowest BCUT2D eigenvalue weighted by Crippen LogP contribution is -2.05. The summed E-state index contributed by atoms with van der Waals surface area (Å²) < 4.78 is 5.68. The number of ether oxygens (including phenoxy) is 1. The summed E-state index contributed by atoms with van der Waals surface area (Å²) in [6.07, 6.45) is 0.130. The zero-order valence-electron chi connectivity index (χ0n) is 10.9. The lowest BCUT2D eigenvalue weighted by atomic mass is 10.3. The fourth-order valence-corrected chi connectivity index (χ4v) is 2.89. The Kier molecular flexibility index (Phi) is 4.61. The van der Waals surface area contributed by atoms with Gasteiger partial charge in [0.25, 0.3) is 0 Å². The van der Waals surface area contributed by atoms with Crippen LogP contribution in [0.5, 0.6) is 5.75 Å². The summed E-state index contributed by atoms with van der Waals surface area (Å²) >= 11 is 7.59. The molecule has 0 atom stereocenters. The normalized spacial score (nSPS) is 10.7. The van der Waals surface area contributed by atoms with Gasteiger partial charge in [-0.25, -0.2) is 0 Å². The molecule has 0 saturated heterocycles. The highest BCUT2D eigenvalue weighted by molar-refractivity contribution is 7.99. The second-order valence-electron chi connectivity index (χ2n) is 4.46. The Balaban J connectivity index is 2.22. The minimum atomic E-state index is 0.130. The van der Waals surface area contributed by atoms with Crippen molar-refractivity contribution in [2.45, 2.75) is 29.7 Å². The van der Waals surface area contributed by atoms with Gasteiger partial charge in [0, 0.05) is 26.6 Å². The van der Waals surface area contributed by atoms with Crippen molar-refractivity contribution in [1.82, 2.24) is 0 Å². The van der Waals surface area contributed by atoms with Gasteiger partial charge in [0.1, 0.15) is 5.75 Å². The highest BCUT2D eigenvalue weighted by Gasteiger charge is 2.04. The molecule has 0 aliphatic carbocycles. The standard InChI is InChI=1S/C15H16ClNOS/c1-10(2)18-13-7-12(17)8-15(9-13)19-14-5-3-4-11(16)6-14/h3-10H,17H2,1-2H3. The van der Waals surface area contributed by atoms with Gasteiger partial charge in [-0.05, 0) is 44.2 Å². The molecule has 0 bridgehead atoms. The summed E-state index contributed by atoms with van der Waals surface area (Å²) in [5.74, 6) is 0.791. The van der Waals surface area contributed by atoms with E-state index in [4.69, 9.17) is 22.1 Å². The van der Waals surface area contributed by atoms with Gasteiger partial charge < -0.3 is 10.5 Å². The number of hydrogen-bond acceptors (Lipinski definition) is 3. The van der Waals surface area contributed by atoms with Crippen molar-refractivity contribution in [3.05, 3.63) is 47.5 Å². The first kappa shape index (κ1) is 14.1. The van der Waals surface area contributed by atoms with E-state index in [1.165, 1.54) is 0 Å². The number of rotatable bonds is 4. The van der Waals surface area contributed by atoms with Crippen molar-refractivity contribution >= 4 is 29.1 Å². The number of nitrogen functional groups attached to an aromatic ring is 1. The third-order valence-electron chi connectivity index (χ3n) is 2.31. The maximum Gasteiger partial charge on any atom is 0.122 e. The number of benzene rings is 2. The molecule has 19 heavy (non-hydrogen) atoms. The summed E-state index contributed by atoms with van der Waals surface area (Å²) in [6.45, 7) is 3.99. The van der Waals surface area contributed by atoms with Crippen molar-refractivity contribution in [2.75, 3.05) is 5.73 Å². The van der Waals surface area contributed by atoms with E-state index in [9.17, 15) is 0 Å². The predicted molar refractivity (Wildman–Crippen MR) is 82.2 cm³/mol. The van der Waals surface area contributed by atoms with Crippen molar-refractivity contribution in [2.24, 2.45) is 0 Å². The molecule has 0 aliphatic heterocycles. The predicted octanol–water partition coefficient (Wildman–Crippen LogP) is 4.86. The minimum absolute atomic E-state index is 0.130. The molecule has 2 aromatic rings. The van der Waals surface area contributed by atoms with E-state index in [2.05, 4.69) is 0 Å². The van der Waals surface area contributed by atoms with Crippen LogP contribution in [0.4, 0.5) is 5.69 Å². The number of halogens is 1. The van der Waals surface area contributed by atoms with Crippen LogP contribution in [0.2, 0.25) is 5.02 Å². The fraction of sp³-hybridized carbons (Fsp3) is 0.200. The molecule has 0 unspecified atom stereocenters. The largest absolute Gasteiger partial charge is 0.491 e. The van der Waals surface area contributed by atoms with Crippen LogP contribution in [-0.4, -0.2) is 6.10 Å². The Hall–Kier alpha value is -1.32. The van der Waals surface area contributed by atoms with E-state index < -0.39 is 0 Å². The number of nitrogens with two attached hydrogens (primary N) is 1. The monoisotopic (exact) mass is 293 g/mol. The lowest BCUT2D eigenvalue weighted by Gasteiger charge is -2.12. The zero-order chi connectivity index (χ0) is 13.8. The van der Waals surface area contributed by atoms with Crippen LogP contribution in [0.3, 0.4) is 0 Å². The van der Waals surface area contributed by atoms with E-state index in [1.54, 1.807) is 11.8 Å². The second-order valence-corrected chi connectivity index (χ2v) is 6.05. The smallest absolute Gasteiger partial charge is 0.122 e. The summed E-state index contributed by atoms with van der Waals surface area (Å²) in [7, 11) is 0. The highest BCUT2D eigenvalue weighted by Crippen LogP contribution is 2.33. The molecule has 0 saturated carbocycles. The van der Waals surface area contributed by atoms with Gasteiger partial charge in [-0.2, -0.15) is 0 Å². The van der Waals surface area contributed by atoms with Gasteiger partial charge >= 0.3 is 0 Å². The van der Waals surface area contributed by atoms with Crippen LogP contribution in [0, 0.1) is 0 Å². The molecule has 2 nitrogen and oxygen atoms in total. The van der Waals surface area contributed by atoms with Crippen LogP contribution in [0.25, 0.3) is 0 Å².